The number of ether oxygens (including phenoxy) is 1. The van der Waals surface area contributed by atoms with E-state index in [1.807, 2.05) is 25.1 Å². The van der Waals surface area contributed by atoms with Crippen molar-refractivity contribution < 1.29 is 9.53 Å². The van der Waals surface area contributed by atoms with E-state index in [9.17, 15) is 9.59 Å². The summed E-state index contributed by atoms with van der Waals surface area (Å²) in [6.07, 6.45) is 5.29. The quantitative estimate of drug-likeness (QED) is 0.279. The molecular weight excluding hydrogens is 485 g/mol. The number of rotatable bonds is 6. The highest BCUT2D eigenvalue weighted by Crippen LogP contribution is 2.38. The van der Waals surface area contributed by atoms with Gasteiger partial charge in [0.1, 0.15) is 5.75 Å². The van der Waals surface area contributed by atoms with Crippen molar-refractivity contribution in [3.8, 4) is 5.75 Å². The number of Topliss-reactive ketones (excluding diaryl/α,β-unsaturated/α-hetero) is 1. The maximum atomic E-state index is 14.1. The molecule has 1 atom stereocenters. The molecule has 2 N–H and O–H groups in total. The summed E-state index contributed by atoms with van der Waals surface area (Å²) in [5.74, 6) is -0.232. The van der Waals surface area contributed by atoms with Crippen molar-refractivity contribution in [1.82, 2.24) is 14.8 Å². The molecular formula is C27H27Cl2N3O3. The number of halogens is 2. The third-order valence-electron chi connectivity index (χ3n) is 7.01. The molecule has 0 saturated heterocycles. The molecule has 0 radical (unpaired) electrons. The van der Waals surface area contributed by atoms with E-state index >= 15 is 0 Å². The molecule has 1 aliphatic carbocycles. The van der Waals surface area contributed by atoms with E-state index in [0.717, 1.165) is 47.8 Å². The number of nitrogens with zero attached hydrogens (tertiary/aromatic N) is 1. The van der Waals surface area contributed by atoms with Gasteiger partial charge >= 0.3 is 0 Å². The summed E-state index contributed by atoms with van der Waals surface area (Å²) in [4.78, 5) is 30.5. The molecule has 1 aliphatic rings. The first kappa shape index (κ1) is 23.8. The predicted octanol–water partition coefficient (Wildman–Crippen LogP) is 6.80. The first-order valence-electron chi connectivity index (χ1n) is 11.8. The van der Waals surface area contributed by atoms with Crippen LogP contribution in [0.3, 0.4) is 0 Å². The molecule has 182 valence electrons. The number of aryl methyl sites for hydroxylation is 1. The minimum atomic E-state index is -0.745. The molecule has 8 heteroatoms. The van der Waals surface area contributed by atoms with Gasteiger partial charge in [-0.25, -0.2) is 4.68 Å². The average Bonchev–Trinajstić information content (AvgIpc) is 3.40. The maximum absolute atomic E-state index is 14.1. The highest BCUT2D eigenvalue weighted by molar-refractivity contribution is 6.42. The van der Waals surface area contributed by atoms with Crippen LogP contribution in [-0.4, -0.2) is 27.7 Å². The summed E-state index contributed by atoms with van der Waals surface area (Å²) in [6.45, 7) is 1.94. The van der Waals surface area contributed by atoms with Crippen LogP contribution in [-0.2, 0) is 0 Å². The van der Waals surface area contributed by atoms with Gasteiger partial charge < -0.3 is 9.72 Å². The van der Waals surface area contributed by atoms with Crippen molar-refractivity contribution in [3.05, 3.63) is 85.4 Å². The van der Waals surface area contributed by atoms with Crippen LogP contribution < -0.4 is 10.3 Å². The SMILES string of the molecule is COc1ccc2[nH]c(C)c(C(C(=O)c3ccc(Cl)c(Cl)c3)c3cc(=O)n(C4CCCCC4)[nH]3)c2c1. The number of hydrogen-bond donors (Lipinski definition) is 2. The molecule has 0 aliphatic heterocycles. The summed E-state index contributed by atoms with van der Waals surface area (Å²) >= 11 is 12.4. The lowest BCUT2D eigenvalue weighted by Crippen LogP contribution is -2.24. The lowest BCUT2D eigenvalue weighted by atomic mass is 9.86. The van der Waals surface area contributed by atoms with E-state index < -0.39 is 5.92 Å². The van der Waals surface area contributed by atoms with Gasteiger partial charge in [-0.05, 0) is 61.7 Å². The second-order valence-corrected chi connectivity index (χ2v) is 10.0. The number of fused-ring (bicyclic) bond motifs is 1. The van der Waals surface area contributed by atoms with E-state index in [0.29, 0.717) is 27.1 Å². The maximum Gasteiger partial charge on any atom is 0.267 e. The minimum absolute atomic E-state index is 0.117. The molecule has 2 aromatic carbocycles. The van der Waals surface area contributed by atoms with Crippen LogP contribution >= 0.6 is 23.2 Å². The molecule has 35 heavy (non-hydrogen) atoms. The number of H-pyrrole nitrogens is 2. The molecule has 0 spiro atoms. The third kappa shape index (κ3) is 4.41. The second kappa shape index (κ2) is 9.59. The zero-order chi connectivity index (χ0) is 24.7. The van der Waals surface area contributed by atoms with Gasteiger partial charge in [-0.3, -0.25) is 14.7 Å². The lowest BCUT2D eigenvalue weighted by Gasteiger charge is -2.22. The normalized spacial score (nSPS) is 15.4. The van der Waals surface area contributed by atoms with Gasteiger partial charge in [0.25, 0.3) is 5.56 Å². The molecule has 1 saturated carbocycles. The van der Waals surface area contributed by atoms with Gasteiger partial charge in [0, 0.05) is 28.2 Å². The Kier molecular flexibility index (Phi) is 6.51. The largest absolute Gasteiger partial charge is 0.497 e. The van der Waals surface area contributed by atoms with Crippen LogP contribution in [0, 0.1) is 6.92 Å². The van der Waals surface area contributed by atoms with Gasteiger partial charge in [-0.15, -0.1) is 0 Å². The van der Waals surface area contributed by atoms with Crippen LogP contribution in [0.2, 0.25) is 10.0 Å². The number of hydrogen-bond acceptors (Lipinski definition) is 3. The number of benzene rings is 2. The molecule has 1 fully saturated rings. The first-order valence-corrected chi connectivity index (χ1v) is 12.6. The number of nitrogens with one attached hydrogen (secondary N) is 2. The number of carbonyl (C=O) groups excluding carboxylic acids is 1. The summed E-state index contributed by atoms with van der Waals surface area (Å²) in [5, 5.41) is 4.87. The number of carbonyl (C=O) groups is 1. The van der Waals surface area contributed by atoms with Gasteiger partial charge in [0.2, 0.25) is 0 Å². The van der Waals surface area contributed by atoms with E-state index in [2.05, 4.69) is 10.1 Å². The topological polar surface area (TPSA) is 79.9 Å². The molecule has 6 nitrogen and oxygen atoms in total. The monoisotopic (exact) mass is 511 g/mol. The Morgan fingerprint density at radius 2 is 1.83 bits per heavy atom. The molecule has 1 unspecified atom stereocenters. The molecule has 2 aromatic heterocycles. The van der Waals surface area contributed by atoms with Crippen LogP contribution in [0.4, 0.5) is 0 Å². The fourth-order valence-electron chi connectivity index (χ4n) is 5.26. The molecule has 5 rings (SSSR count). The van der Waals surface area contributed by atoms with Crippen LogP contribution in [0.25, 0.3) is 10.9 Å². The summed E-state index contributed by atoms with van der Waals surface area (Å²) in [7, 11) is 1.61. The molecule has 4 aromatic rings. The van der Waals surface area contributed by atoms with Crippen LogP contribution in [0.5, 0.6) is 5.75 Å². The van der Waals surface area contributed by atoms with Crippen molar-refractivity contribution in [1.29, 1.82) is 0 Å². The van der Waals surface area contributed by atoms with Crippen LogP contribution in [0.1, 0.15) is 71.4 Å². The molecule has 2 heterocycles. The standard InChI is InChI=1S/C27H27Cl2N3O3/c1-15-25(19-13-18(35-2)9-11-22(19)30-15)26(27(34)16-8-10-20(28)21(29)12-16)23-14-24(33)32(31-23)17-6-4-3-5-7-17/h8-14,17,26,30-31H,3-7H2,1-2H3. The van der Waals surface area contributed by atoms with E-state index in [1.165, 1.54) is 6.42 Å². The minimum Gasteiger partial charge on any atom is -0.497 e. The lowest BCUT2D eigenvalue weighted by molar-refractivity contribution is 0.0972. The van der Waals surface area contributed by atoms with Crippen molar-refractivity contribution >= 4 is 39.9 Å². The molecule has 0 amide bonds. The van der Waals surface area contributed by atoms with E-state index in [-0.39, 0.29) is 17.4 Å². The number of aromatic amines is 2. The van der Waals surface area contributed by atoms with E-state index in [1.54, 1.807) is 36.1 Å². The summed E-state index contributed by atoms with van der Waals surface area (Å²) in [5.41, 5.74) is 3.40. The Labute approximate surface area is 213 Å². The van der Waals surface area contributed by atoms with Crippen molar-refractivity contribution in [3.63, 3.8) is 0 Å². The Balaban J connectivity index is 1.70. The van der Waals surface area contributed by atoms with Gasteiger partial charge in [0.05, 0.1) is 34.8 Å². The first-order chi connectivity index (χ1) is 16.9. The molecule has 0 bridgehead atoms. The zero-order valence-electron chi connectivity index (χ0n) is 19.7. The third-order valence-corrected chi connectivity index (χ3v) is 7.75. The average molecular weight is 512 g/mol. The van der Waals surface area contributed by atoms with Gasteiger partial charge in [0.15, 0.2) is 5.78 Å². The smallest absolute Gasteiger partial charge is 0.267 e. The van der Waals surface area contributed by atoms with Gasteiger partial charge in [-0.1, -0.05) is 42.5 Å². The number of ketones is 1. The highest BCUT2D eigenvalue weighted by atomic mass is 35.5. The highest BCUT2D eigenvalue weighted by Gasteiger charge is 2.32. The Morgan fingerprint density at radius 3 is 2.54 bits per heavy atom. The Morgan fingerprint density at radius 1 is 1.06 bits per heavy atom. The van der Waals surface area contributed by atoms with Crippen molar-refractivity contribution in [2.45, 2.75) is 51.0 Å². The fourth-order valence-corrected chi connectivity index (χ4v) is 5.55. The van der Waals surface area contributed by atoms with Crippen LogP contribution in [0.15, 0.2) is 47.3 Å². The number of aromatic nitrogens is 3. The predicted molar refractivity (Wildman–Crippen MR) is 139 cm³/mol. The Bertz CT molecular complexity index is 1460. The van der Waals surface area contributed by atoms with E-state index in [4.69, 9.17) is 27.9 Å². The van der Waals surface area contributed by atoms with Crippen molar-refractivity contribution in [2.24, 2.45) is 0 Å². The van der Waals surface area contributed by atoms with Crippen molar-refractivity contribution in [2.75, 3.05) is 7.11 Å². The fraction of sp³-hybridized carbons (Fsp3) is 0.333. The zero-order valence-corrected chi connectivity index (χ0v) is 21.2. The second-order valence-electron chi connectivity index (χ2n) is 9.21. The number of methoxy groups -OCH3 is 1. The summed E-state index contributed by atoms with van der Waals surface area (Å²) < 4.78 is 7.16. The summed E-state index contributed by atoms with van der Waals surface area (Å²) in [6, 6.07) is 12.3. The Hall–Kier alpha value is -2.96. The van der Waals surface area contributed by atoms with Gasteiger partial charge in [-0.2, -0.15) is 0 Å².